The van der Waals surface area contributed by atoms with Gasteiger partial charge in [-0.2, -0.15) is 5.10 Å². The number of ether oxygens (including phenoxy) is 1. The molecule has 1 atom stereocenters. The Kier molecular flexibility index (Phi) is 3.08. The first-order valence-corrected chi connectivity index (χ1v) is 5.35. The average Bonchev–Trinajstić information content (AvgIpc) is 2.29. The summed E-state index contributed by atoms with van der Waals surface area (Å²) in [6.45, 7) is 1.99. The van der Waals surface area contributed by atoms with Crippen molar-refractivity contribution in [3.8, 4) is 5.75 Å². The van der Waals surface area contributed by atoms with Crippen LogP contribution in [0.15, 0.2) is 28.4 Å². The SMILES string of the molecule is COc1ccc(C2=NN=C(N)CC2C)cc1F. The molecule has 1 aromatic carbocycles. The fourth-order valence-electron chi connectivity index (χ4n) is 1.84. The first-order valence-electron chi connectivity index (χ1n) is 5.35. The smallest absolute Gasteiger partial charge is 0.165 e. The van der Waals surface area contributed by atoms with Crippen molar-refractivity contribution in [3.05, 3.63) is 29.6 Å². The number of hydrogen-bond donors (Lipinski definition) is 1. The monoisotopic (exact) mass is 235 g/mol. The number of rotatable bonds is 2. The molecule has 17 heavy (non-hydrogen) atoms. The van der Waals surface area contributed by atoms with Crippen LogP contribution in [0.25, 0.3) is 0 Å². The normalized spacial score (nSPS) is 19.6. The zero-order valence-corrected chi connectivity index (χ0v) is 9.77. The molecule has 0 fully saturated rings. The molecule has 4 nitrogen and oxygen atoms in total. The van der Waals surface area contributed by atoms with E-state index in [2.05, 4.69) is 10.2 Å². The van der Waals surface area contributed by atoms with E-state index in [0.29, 0.717) is 17.8 Å². The first kappa shape index (κ1) is 11.6. The van der Waals surface area contributed by atoms with Gasteiger partial charge in [0.15, 0.2) is 11.6 Å². The summed E-state index contributed by atoms with van der Waals surface area (Å²) in [6.07, 6.45) is 0.645. The van der Waals surface area contributed by atoms with Crippen LogP contribution in [0.1, 0.15) is 18.9 Å². The molecule has 2 rings (SSSR count). The summed E-state index contributed by atoms with van der Waals surface area (Å²) in [5.41, 5.74) is 7.06. The van der Waals surface area contributed by atoms with E-state index in [1.165, 1.54) is 13.2 Å². The first-order chi connectivity index (χ1) is 8.11. The highest BCUT2D eigenvalue weighted by Gasteiger charge is 2.19. The Morgan fingerprint density at radius 1 is 1.41 bits per heavy atom. The van der Waals surface area contributed by atoms with E-state index in [9.17, 15) is 4.39 Å². The van der Waals surface area contributed by atoms with Crippen LogP contribution in [-0.2, 0) is 0 Å². The lowest BCUT2D eigenvalue weighted by Crippen LogP contribution is -2.25. The lowest BCUT2D eigenvalue weighted by Gasteiger charge is -2.17. The van der Waals surface area contributed by atoms with Gasteiger partial charge in [-0.05, 0) is 18.2 Å². The van der Waals surface area contributed by atoms with Gasteiger partial charge in [0.05, 0.1) is 12.8 Å². The lowest BCUT2D eigenvalue weighted by atomic mass is 9.94. The van der Waals surface area contributed by atoms with Crippen molar-refractivity contribution in [2.75, 3.05) is 7.11 Å². The van der Waals surface area contributed by atoms with E-state index >= 15 is 0 Å². The summed E-state index contributed by atoms with van der Waals surface area (Å²) in [5.74, 6) is 0.471. The van der Waals surface area contributed by atoms with Crippen LogP contribution < -0.4 is 10.5 Å². The molecule has 1 aliphatic rings. The molecule has 1 unspecified atom stereocenters. The van der Waals surface area contributed by atoms with Gasteiger partial charge in [0.2, 0.25) is 0 Å². The molecule has 0 amide bonds. The Labute approximate surface area is 99.0 Å². The van der Waals surface area contributed by atoms with Gasteiger partial charge in [0.25, 0.3) is 0 Å². The molecule has 0 aromatic heterocycles. The zero-order chi connectivity index (χ0) is 12.4. The molecule has 90 valence electrons. The molecule has 0 saturated heterocycles. The highest BCUT2D eigenvalue weighted by Crippen LogP contribution is 2.22. The topological polar surface area (TPSA) is 60.0 Å². The minimum absolute atomic E-state index is 0.139. The minimum atomic E-state index is -0.401. The summed E-state index contributed by atoms with van der Waals surface area (Å²) >= 11 is 0. The van der Waals surface area contributed by atoms with Crippen molar-refractivity contribution in [1.82, 2.24) is 0 Å². The van der Waals surface area contributed by atoms with Gasteiger partial charge in [-0.3, -0.25) is 0 Å². The standard InChI is InChI=1S/C12H14FN3O/c1-7-5-11(14)15-16-12(7)8-3-4-10(17-2)9(13)6-8/h3-4,6-7H,5H2,1-2H3,(H2,14,15). The second kappa shape index (κ2) is 4.53. The summed E-state index contributed by atoms with van der Waals surface area (Å²) < 4.78 is 18.4. The Morgan fingerprint density at radius 2 is 2.18 bits per heavy atom. The third-order valence-corrected chi connectivity index (χ3v) is 2.72. The van der Waals surface area contributed by atoms with Crippen LogP contribution in [0.4, 0.5) is 4.39 Å². The maximum absolute atomic E-state index is 13.6. The minimum Gasteiger partial charge on any atom is -0.494 e. The van der Waals surface area contributed by atoms with Gasteiger partial charge in [0, 0.05) is 17.9 Å². The molecule has 0 spiro atoms. The highest BCUT2D eigenvalue weighted by molar-refractivity contribution is 6.05. The fourth-order valence-corrected chi connectivity index (χ4v) is 1.84. The van der Waals surface area contributed by atoms with Gasteiger partial charge in [0.1, 0.15) is 5.84 Å². The Bertz CT molecular complexity index is 497. The second-order valence-electron chi connectivity index (χ2n) is 4.03. The van der Waals surface area contributed by atoms with E-state index in [0.717, 1.165) is 5.71 Å². The number of nitrogens with zero attached hydrogens (tertiary/aromatic N) is 2. The number of nitrogens with two attached hydrogens (primary N) is 1. The molecule has 0 saturated carbocycles. The third-order valence-electron chi connectivity index (χ3n) is 2.72. The Balaban J connectivity index is 2.38. The van der Waals surface area contributed by atoms with Gasteiger partial charge in [-0.1, -0.05) is 6.92 Å². The largest absolute Gasteiger partial charge is 0.494 e. The molecule has 1 aliphatic heterocycles. The van der Waals surface area contributed by atoms with Crippen LogP contribution in [0.2, 0.25) is 0 Å². The van der Waals surface area contributed by atoms with Gasteiger partial charge in [-0.25, -0.2) is 4.39 Å². The average molecular weight is 235 g/mol. The molecule has 0 aliphatic carbocycles. The summed E-state index contributed by atoms with van der Waals surface area (Å²) in [7, 11) is 1.43. The maximum Gasteiger partial charge on any atom is 0.165 e. The van der Waals surface area contributed by atoms with E-state index in [-0.39, 0.29) is 11.7 Å². The Morgan fingerprint density at radius 3 is 2.76 bits per heavy atom. The summed E-state index contributed by atoms with van der Waals surface area (Å²) in [4.78, 5) is 0. The third kappa shape index (κ3) is 2.27. The van der Waals surface area contributed by atoms with Crippen molar-refractivity contribution in [3.63, 3.8) is 0 Å². The van der Waals surface area contributed by atoms with E-state index in [1.807, 2.05) is 6.92 Å². The molecular weight excluding hydrogens is 221 g/mol. The molecule has 5 heteroatoms. The molecule has 1 heterocycles. The van der Waals surface area contributed by atoms with E-state index in [1.54, 1.807) is 12.1 Å². The molecule has 0 bridgehead atoms. The second-order valence-corrected chi connectivity index (χ2v) is 4.03. The van der Waals surface area contributed by atoms with Crippen LogP contribution >= 0.6 is 0 Å². The molecule has 1 aromatic rings. The predicted molar refractivity (Wildman–Crippen MR) is 64.9 cm³/mol. The number of amidine groups is 1. The van der Waals surface area contributed by atoms with Crippen LogP contribution in [0.3, 0.4) is 0 Å². The van der Waals surface area contributed by atoms with E-state index in [4.69, 9.17) is 10.5 Å². The lowest BCUT2D eigenvalue weighted by molar-refractivity contribution is 0.386. The quantitative estimate of drug-likeness (QED) is 0.851. The van der Waals surface area contributed by atoms with Gasteiger partial charge >= 0.3 is 0 Å². The van der Waals surface area contributed by atoms with Crippen LogP contribution in [0.5, 0.6) is 5.75 Å². The summed E-state index contributed by atoms with van der Waals surface area (Å²) in [6, 6.07) is 4.76. The fraction of sp³-hybridized carbons (Fsp3) is 0.333. The zero-order valence-electron chi connectivity index (χ0n) is 9.77. The molecular formula is C12H14FN3O. The highest BCUT2D eigenvalue weighted by atomic mass is 19.1. The maximum atomic E-state index is 13.6. The molecule has 0 radical (unpaired) electrons. The van der Waals surface area contributed by atoms with Crippen LogP contribution in [0, 0.1) is 11.7 Å². The predicted octanol–water partition coefficient (Wildman–Crippen LogP) is 1.94. The van der Waals surface area contributed by atoms with Crippen molar-refractivity contribution in [1.29, 1.82) is 0 Å². The van der Waals surface area contributed by atoms with Crippen molar-refractivity contribution in [2.45, 2.75) is 13.3 Å². The van der Waals surface area contributed by atoms with Gasteiger partial charge in [-0.15, -0.1) is 5.10 Å². The Hall–Kier alpha value is -1.91. The molecule has 2 N–H and O–H groups in total. The number of methoxy groups -OCH3 is 1. The van der Waals surface area contributed by atoms with E-state index < -0.39 is 5.82 Å². The summed E-state index contributed by atoms with van der Waals surface area (Å²) in [5, 5.41) is 7.87. The van der Waals surface area contributed by atoms with Crippen LogP contribution in [-0.4, -0.2) is 18.7 Å². The van der Waals surface area contributed by atoms with Crippen molar-refractivity contribution in [2.24, 2.45) is 21.9 Å². The van der Waals surface area contributed by atoms with Crippen molar-refractivity contribution < 1.29 is 9.13 Å². The van der Waals surface area contributed by atoms with Gasteiger partial charge < -0.3 is 10.5 Å². The number of hydrogen-bond acceptors (Lipinski definition) is 4. The number of halogens is 1. The number of benzene rings is 1. The van der Waals surface area contributed by atoms with Crippen molar-refractivity contribution >= 4 is 11.5 Å².